The number of halogens is 8. The molecule has 0 bridgehead atoms. The Morgan fingerprint density at radius 3 is 1.98 bits per heavy atom. The second kappa shape index (κ2) is 12.3. The maximum atomic E-state index is 15.7. The molecular weight excluding hydrogens is 564 g/mol. The molecule has 2 aliphatic rings. The first kappa shape index (κ1) is 30.4. The minimum absolute atomic E-state index is 0.110. The van der Waals surface area contributed by atoms with Crippen molar-refractivity contribution in [2.45, 2.75) is 89.3 Å². The van der Waals surface area contributed by atoms with Crippen LogP contribution in [-0.4, -0.2) is 6.36 Å². The van der Waals surface area contributed by atoms with Crippen molar-refractivity contribution in [2.75, 3.05) is 0 Å². The maximum Gasteiger partial charge on any atom is 0.573 e. The van der Waals surface area contributed by atoms with Crippen molar-refractivity contribution in [3.63, 3.8) is 0 Å². The van der Waals surface area contributed by atoms with Crippen molar-refractivity contribution in [1.82, 2.24) is 0 Å². The van der Waals surface area contributed by atoms with Crippen LogP contribution in [0, 0.1) is 35.0 Å². The lowest BCUT2D eigenvalue weighted by Crippen LogP contribution is -2.23. The Morgan fingerprint density at radius 1 is 0.690 bits per heavy atom. The second-order valence-corrected chi connectivity index (χ2v) is 11.5. The molecule has 0 heterocycles. The molecule has 42 heavy (non-hydrogen) atoms. The smallest absolute Gasteiger partial charge is 0.403 e. The average molecular weight is 597 g/mol. The highest BCUT2D eigenvalue weighted by Crippen LogP contribution is 2.46. The summed E-state index contributed by atoms with van der Waals surface area (Å²) in [5.41, 5.74) is 2.35. The summed E-state index contributed by atoms with van der Waals surface area (Å²) in [6, 6.07) is 10.1. The van der Waals surface area contributed by atoms with E-state index in [1.165, 1.54) is 11.1 Å². The summed E-state index contributed by atoms with van der Waals surface area (Å²) in [4.78, 5) is 0. The highest BCUT2D eigenvalue weighted by Gasteiger charge is 2.37. The third kappa shape index (κ3) is 6.30. The number of benzene rings is 3. The Bertz CT molecular complexity index is 1420. The summed E-state index contributed by atoms with van der Waals surface area (Å²) in [6.45, 7) is 2.09. The lowest BCUT2D eigenvalue weighted by Gasteiger charge is -2.32. The topological polar surface area (TPSA) is 9.23 Å². The van der Waals surface area contributed by atoms with Crippen LogP contribution in [0.3, 0.4) is 0 Å². The molecule has 0 spiro atoms. The van der Waals surface area contributed by atoms with E-state index in [1.807, 2.05) is 0 Å². The Balaban J connectivity index is 1.27. The van der Waals surface area contributed by atoms with E-state index in [0.29, 0.717) is 12.8 Å². The van der Waals surface area contributed by atoms with E-state index in [4.69, 9.17) is 0 Å². The number of ether oxygens (including phenoxy) is 1. The third-order valence-corrected chi connectivity index (χ3v) is 9.01. The summed E-state index contributed by atoms with van der Waals surface area (Å²) in [7, 11) is 0. The molecule has 226 valence electrons. The summed E-state index contributed by atoms with van der Waals surface area (Å²) in [5, 5.41) is 0. The van der Waals surface area contributed by atoms with Gasteiger partial charge in [-0.2, -0.15) is 4.39 Å². The van der Waals surface area contributed by atoms with Crippen LogP contribution in [0.5, 0.6) is 5.75 Å². The first-order valence-electron chi connectivity index (χ1n) is 14.5. The van der Waals surface area contributed by atoms with Gasteiger partial charge in [0.05, 0.1) is 0 Å². The monoisotopic (exact) mass is 596 g/mol. The predicted octanol–water partition coefficient (Wildman–Crippen LogP) is 10.0. The molecule has 0 aliphatic heterocycles. The molecule has 0 aromatic heterocycles. The molecule has 1 saturated carbocycles. The minimum atomic E-state index is -5.17. The van der Waals surface area contributed by atoms with E-state index in [-0.39, 0.29) is 60.3 Å². The van der Waals surface area contributed by atoms with E-state index < -0.39 is 53.0 Å². The van der Waals surface area contributed by atoms with Crippen LogP contribution in [-0.2, 0) is 25.7 Å². The van der Waals surface area contributed by atoms with Gasteiger partial charge in [0.25, 0.3) is 0 Å². The zero-order valence-corrected chi connectivity index (χ0v) is 23.2. The van der Waals surface area contributed by atoms with E-state index >= 15 is 13.2 Å². The van der Waals surface area contributed by atoms with Crippen molar-refractivity contribution in [1.29, 1.82) is 0 Å². The van der Waals surface area contributed by atoms with Gasteiger partial charge in [0, 0.05) is 5.56 Å². The first-order valence-corrected chi connectivity index (χ1v) is 14.5. The van der Waals surface area contributed by atoms with E-state index in [1.54, 1.807) is 0 Å². The first-order chi connectivity index (χ1) is 20.0. The quantitative estimate of drug-likeness (QED) is 0.195. The van der Waals surface area contributed by atoms with Crippen molar-refractivity contribution in [2.24, 2.45) is 5.92 Å². The highest BCUT2D eigenvalue weighted by molar-refractivity contribution is 5.41. The number of hydrogen-bond acceptors (Lipinski definition) is 1. The van der Waals surface area contributed by atoms with E-state index in [9.17, 15) is 22.0 Å². The van der Waals surface area contributed by atoms with Gasteiger partial charge >= 0.3 is 6.36 Å². The molecule has 0 radical (unpaired) electrons. The zero-order valence-electron chi connectivity index (χ0n) is 23.2. The normalized spacial score (nSPS) is 20.8. The van der Waals surface area contributed by atoms with E-state index in [0.717, 1.165) is 31.4 Å². The Morgan fingerprint density at radius 2 is 1.33 bits per heavy atom. The highest BCUT2D eigenvalue weighted by atomic mass is 19.4. The molecule has 3 aromatic carbocycles. The second-order valence-electron chi connectivity index (χ2n) is 11.5. The van der Waals surface area contributed by atoms with Crippen LogP contribution >= 0.6 is 0 Å². The largest absolute Gasteiger partial charge is 0.573 e. The molecule has 1 unspecified atom stereocenters. The number of alkyl halides is 3. The lowest BCUT2D eigenvalue weighted by molar-refractivity contribution is -0.275. The average Bonchev–Trinajstić information content (AvgIpc) is 2.97. The van der Waals surface area contributed by atoms with Gasteiger partial charge in [-0.25, -0.2) is 17.6 Å². The summed E-state index contributed by atoms with van der Waals surface area (Å²) in [6.07, 6.45) is -0.559. The van der Waals surface area contributed by atoms with Crippen molar-refractivity contribution >= 4 is 0 Å². The van der Waals surface area contributed by atoms with Gasteiger partial charge in [-0.15, -0.1) is 13.2 Å². The SMILES string of the molecule is CCc1ccc(CCC2CCc3c(F)c(C4CCC(c5ccc(OC(F)(F)F)c(F)c5F)CC4)c(F)c(F)c3C2)cc1. The molecule has 1 nitrogen and oxygen atoms in total. The van der Waals surface area contributed by atoms with Crippen LogP contribution < -0.4 is 4.74 Å². The van der Waals surface area contributed by atoms with Gasteiger partial charge in [-0.1, -0.05) is 37.3 Å². The standard InChI is InChI=1S/C33H32F8O/c1-2-18-3-5-19(6-4-18)7-8-20-9-14-24-25(17-20)30(36)32(38)27(28(24)34)22-12-10-21(11-13-22)23-15-16-26(31(37)29(23)35)42-33(39,40)41/h3-6,15-16,20-22H,2,7-14,17H2,1H3. The van der Waals surface area contributed by atoms with Crippen molar-refractivity contribution in [3.8, 4) is 5.75 Å². The fraction of sp³-hybridized carbons (Fsp3) is 0.455. The van der Waals surface area contributed by atoms with Gasteiger partial charge in [-0.3, -0.25) is 0 Å². The zero-order chi connectivity index (χ0) is 30.2. The minimum Gasteiger partial charge on any atom is -0.403 e. The van der Waals surface area contributed by atoms with Crippen molar-refractivity contribution in [3.05, 3.63) is 98.9 Å². The molecule has 5 rings (SSSR count). The third-order valence-electron chi connectivity index (χ3n) is 9.01. The van der Waals surface area contributed by atoms with Crippen LogP contribution in [0.25, 0.3) is 0 Å². The maximum absolute atomic E-state index is 15.7. The Kier molecular flexibility index (Phi) is 8.86. The molecule has 9 heteroatoms. The number of aryl methyl sites for hydroxylation is 2. The molecular formula is C33H32F8O. The summed E-state index contributed by atoms with van der Waals surface area (Å²) >= 11 is 0. The molecule has 1 fully saturated rings. The predicted molar refractivity (Wildman–Crippen MR) is 143 cm³/mol. The number of rotatable bonds is 7. The van der Waals surface area contributed by atoms with Gasteiger partial charge in [0.1, 0.15) is 5.82 Å². The van der Waals surface area contributed by atoms with Gasteiger partial charge in [0.2, 0.25) is 5.82 Å². The fourth-order valence-electron chi connectivity index (χ4n) is 6.66. The molecule has 2 aliphatic carbocycles. The van der Waals surface area contributed by atoms with Crippen LogP contribution in [0.4, 0.5) is 35.1 Å². The number of hydrogen-bond donors (Lipinski definition) is 0. The van der Waals surface area contributed by atoms with Gasteiger partial charge in [0.15, 0.2) is 23.2 Å². The Labute approximate surface area is 239 Å². The summed E-state index contributed by atoms with van der Waals surface area (Å²) in [5.74, 6) is -8.45. The summed E-state index contributed by atoms with van der Waals surface area (Å²) < 4.78 is 116. The molecule has 0 saturated heterocycles. The molecule has 0 amide bonds. The van der Waals surface area contributed by atoms with Gasteiger partial charge < -0.3 is 4.74 Å². The van der Waals surface area contributed by atoms with Crippen LogP contribution in [0.2, 0.25) is 0 Å². The molecule has 3 aromatic rings. The van der Waals surface area contributed by atoms with Crippen LogP contribution in [0.15, 0.2) is 36.4 Å². The molecule has 0 N–H and O–H groups in total. The lowest BCUT2D eigenvalue weighted by atomic mass is 9.73. The molecule has 1 atom stereocenters. The van der Waals surface area contributed by atoms with Gasteiger partial charge in [-0.05, 0) is 116 Å². The van der Waals surface area contributed by atoms with E-state index in [2.05, 4.69) is 35.9 Å². The number of fused-ring (bicyclic) bond motifs is 1. The fourth-order valence-corrected chi connectivity index (χ4v) is 6.66. The van der Waals surface area contributed by atoms with Crippen LogP contribution in [0.1, 0.15) is 90.7 Å². The Hall–Kier alpha value is -3.10. The van der Waals surface area contributed by atoms with Crippen molar-refractivity contribution < 1.29 is 39.9 Å².